The molecule has 3 aromatic rings. The smallest absolute Gasteiger partial charge is 0.338 e. The Hall–Kier alpha value is -3.65. The first kappa shape index (κ1) is 24.5. The van der Waals surface area contributed by atoms with Crippen LogP contribution in [0.2, 0.25) is 0 Å². The van der Waals surface area contributed by atoms with Gasteiger partial charge in [0.25, 0.3) is 5.56 Å². The van der Waals surface area contributed by atoms with Crippen LogP contribution in [0.1, 0.15) is 37.9 Å². The molecule has 0 saturated heterocycles. The summed E-state index contributed by atoms with van der Waals surface area (Å²) in [4.78, 5) is 33.8. The van der Waals surface area contributed by atoms with Crippen molar-refractivity contribution in [2.75, 3.05) is 32.2 Å². The van der Waals surface area contributed by atoms with Gasteiger partial charge in [-0.05, 0) is 44.5 Å². The molecule has 0 fully saturated rings. The number of carbonyl (C=O) groups is 1. The summed E-state index contributed by atoms with van der Waals surface area (Å²) in [6, 6.07) is 14.8. The van der Waals surface area contributed by atoms with Gasteiger partial charge in [-0.1, -0.05) is 41.7 Å². The van der Waals surface area contributed by atoms with Crippen molar-refractivity contribution in [2.24, 2.45) is 4.99 Å². The maximum Gasteiger partial charge on any atom is 0.338 e. The molecule has 0 unspecified atom stereocenters. The molecule has 0 saturated carbocycles. The topological polar surface area (TPSA) is 73.1 Å². The van der Waals surface area contributed by atoms with Crippen LogP contribution >= 0.6 is 11.3 Å². The highest BCUT2D eigenvalue weighted by molar-refractivity contribution is 7.07. The summed E-state index contributed by atoms with van der Waals surface area (Å²) < 4.78 is 12.8. The molecule has 0 radical (unpaired) electrons. The third-order valence-electron chi connectivity index (χ3n) is 6.17. The van der Waals surface area contributed by atoms with Crippen LogP contribution in [0, 0.1) is 0 Å². The van der Waals surface area contributed by atoms with Crippen molar-refractivity contribution in [3.8, 4) is 5.75 Å². The van der Waals surface area contributed by atoms with Crippen molar-refractivity contribution in [3.05, 3.63) is 90.6 Å². The molecule has 4 rings (SSSR count). The van der Waals surface area contributed by atoms with Gasteiger partial charge in [0, 0.05) is 30.4 Å². The SMILES string of the molecule is CCN(CC)c1ccc(/C=c2\sc3n(c2=O)[C@H](c2ccccc2)C(C(=O)OC)=C(C)N=3)c(OC)c1. The average Bonchev–Trinajstić information content (AvgIpc) is 3.18. The fourth-order valence-corrected chi connectivity index (χ4v) is 5.43. The van der Waals surface area contributed by atoms with Crippen LogP contribution in [0.3, 0.4) is 0 Å². The molecule has 0 spiro atoms. The molecule has 1 aromatic heterocycles. The third kappa shape index (κ3) is 4.53. The molecular weight excluding hydrogens is 462 g/mol. The predicted molar refractivity (Wildman–Crippen MR) is 139 cm³/mol. The molecular formula is C27H29N3O4S. The zero-order chi connectivity index (χ0) is 25.1. The molecule has 182 valence electrons. The minimum atomic E-state index is -0.617. The number of benzene rings is 2. The Labute approximate surface area is 208 Å². The van der Waals surface area contributed by atoms with E-state index >= 15 is 0 Å². The number of fused-ring (bicyclic) bond motifs is 1. The van der Waals surface area contributed by atoms with Gasteiger partial charge in [0.05, 0.1) is 36.1 Å². The van der Waals surface area contributed by atoms with E-state index in [1.807, 2.05) is 54.6 Å². The van der Waals surface area contributed by atoms with E-state index in [1.54, 1.807) is 18.6 Å². The van der Waals surface area contributed by atoms with Crippen molar-refractivity contribution in [1.29, 1.82) is 0 Å². The van der Waals surface area contributed by atoms with E-state index in [2.05, 4.69) is 23.7 Å². The lowest BCUT2D eigenvalue weighted by Gasteiger charge is -2.24. The lowest BCUT2D eigenvalue weighted by atomic mass is 9.96. The quantitative estimate of drug-likeness (QED) is 0.475. The zero-order valence-electron chi connectivity index (χ0n) is 20.6. The lowest BCUT2D eigenvalue weighted by Crippen LogP contribution is -2.39. The van der Waals surface area contributed by atoms with Crippen LogP contribution in [0.15, 0.2) is 69.6 Å². The van der Waals surface area contributed by atoms with Gasteiger partial charge in [0.15, 0.2) is 4.80 Å². The second-order valence-electron chi connectivity index (χ2n) is 8.08. The Kier molecular flexibility index (Phi) is 7.21. The number of hydrogen-bond donors (Lipinski definition) is 0. The van der Waals surface area contributed by atoms with E-state index in [1.165, 1.54) is 18.4 Å². The second-order valence-corrected chi connectivity index (χ2v) is 9.09. The number of anilines is 1. The number of methoxy groups -OCH3 is 2. The van der Waals surface area contributed by atoms with Gasteiger partial charge >= 0.3 is 5.97 Å². The summed E-state index contributed by atoms with van der Waals surface area (Å²) in [5.41, 5.74) is 3.36. The van der Waals surface area contributed by atoms with Crippen LogP contribution < -0.4 is 24.5 Å². The Morgan fingerprint density at radius 2 is 1.86 bits per heavy atom. The Bertz CT molecular complexity index is 1450. The predicted octanol–water partition coefficient (Wildman–Crippen LogP) is 3.26. The van der Waals surface area contributed by atoms with Gasteiger partial charge in [0.2, 0.25) is 0 Å². The zero-order valence-corrected chi connectivity index (χ0v) is 21.4. The minimum absolute atomic E-state index is 0.216. The van der Waals surface area contributed by atoms with Gasteiger partial charge < -0.3 is 14.4 Å². The first-order chi connectivity index (χ1) is 16.9. The number of hydrogen-bond acceptors (Lipinski definition) is 7. The summed E-state index contributed by atoms with van der Waals surface area (Å²) >= 11 is 1.29. The molecule has 35 heavy (non-hydrogen) atoms. The Morgan fingerprint density at radius 3 is 2.49 bits per heavy atom. The molecule has 0 aliphatic carbocycles. The van der Waals surface area contributed by atoms with E-state index in [-0.39, 0.29) is 5.56 Å². The van der Waals surface area contributed by atoms with E-state index in [4.69, 9.17) is 9.47 Å². The van der Waals surface area contributed by atoms with E-state index in [9.17, 15) is 9.59 Å². The lowest BCUT2D eigenvalue weighted by molar-refractivity contribution is -0.136. The first-order valence-electron chi connectivity index (χ1n) is 11.5. The van der Waals surface area contributed by atoms with Gasteiger partial charge in [-0.2, -0.15) is 0 Å². The molecule has 0 bridgehead atoms. The Morgan fingerprint density at radius 1 is 1.14 bits per heavy atom. The average molecular weight is 492 g/mol. The molecule has 2 heterocycles. The summed E-state index contributed by atoms with van der Waals surface area (Å²) in [7, 11) is 2.96. The van der Waals surface area contributed by atoms with Crippen LogP contribution in [-0.2, 0) is 9.53 Å². The maximum absolute atomic E-state index is 13.7. The molecule has 7 nitrogen and oxygen atoms in total. The third-order valence-corrected chi connectivity index (χ3v) is 7.16. The Balaban J connectivity index is 1.90. The van der Waals surface area contributed by atoms with Crippen molar-refractivity contribution in [3.63, 3.8) is 0 Å². The molecule has 8 heteroatoms. The van der Waals surface area contributed by atoms with Gasteiger partial charge in [-0.3, -0.25) is 9.36 Å². The highest BCUT2D eigenvalue weighted by Crippen LogP contribution is 2.30. The highest BCUT2D eigenvalue weighted by atomic mass is 32.1. The second kappa shape index (κ2) is 10.3. The van der Waals surface area contributed by atoms with E-state index in [0.29, 0.717) is 26.4 Å². The largest absolute Gasteiger partial charge is 0.496 e. The summed E-state index contributed by atoms with van der Waals surface area (Å²) in [5.74, 6) is 0.189. The van der Waals surface area contributed by atoms with Gasteiger partial charge in [-0.15, -0.1) is 0 Å². The molecule has 1 atom stereocenters. The van der Waals surface area contributed by atoms with Crippen LogP contribution in [0.5, 0.6) is 5.75 Å². The van der Waals surface area contributed by atoms with Crippen LogP contribution in [-0.4, -0.2) is 37.8 Å². The number of thiazole rings is 1. The monoisotopic (exact) mass is 491 g/mol. The summed E-state index contributed by atoms with van der Waals surface area (Å²) in [5, 5.41) is 0. The van der Waals surface area contributed by atoms with Crippen molar-refractivity contribution in [2.45, 2.75) is 26.8 Å². The van der Waals surface area contributed by atoms with Gasteiger partial charge in [-0.25, -0.2) is 9.79 Å². The number of ether oxygens (including phenoxy) is 2. The van der Waals surface area contributed by atoms with Crippen LogP contribution in [0.4, 0.5) is 5.69 Å². The van der Waals surface area contributed by atoms with Crippen molar-refractivity contribution in [1.82, 2.24) is 4.57 Å². The van der Waals surface area contributed by atoms with E-state index in [0.717, 1.165) is 29.9 Å². The summed E-state index contributed by atoms with van der Waals surface area (Å²) in [6.07, 6.45) is 1.83. The number of nitrogens with zero attached hydrogens (tertiary/aromatic N) is 3. The van der Waals surface area contributed by atoms with E-state index < -0.39 is 12.0 Å². The molecule has 0 amide bonds. The standard InChI is InChI=1S/C27H29N3O4S/c1-6-29(7-2)20-14-13-19(21(16-20)33-4)15-22-25(31)30-24(18-11-9-8-10-12-18)23(26(32)34-5)17(3)28-27(30)35-22/h8-16,24H,6-7H2,1-5H3/b22-15-/t24-/m1/s1. The number of allylic oxidation sites excluding steroid dienone is 1. The van der Waals surface area contributed by atoms with Crippen molar-refractivity contribution < 1.29 is 14.3 Å². The summed E-state index contributed by atoms with van der Waals surface area (Å²) in [6.45, 7) is 7.77. The van der Waals surface area contributed by atoms with Crippen LogP contribution in [0.25, 0.3) is 6.08 Å². The maximum atomic E-state index is 13.7. The minimum Gasteiger partial charge on any atom is -0.496 e. The van der Waals surface area contributed by atoms with Gasteiger partial charge in [0.1, 0.15) is 5.75 Å². The first-order valence-corrected chi connectivity index (χ1v) is 12.3. The molecule has 0 N–H and O–H groups in total. The normalized spacial score (nSPS) is 15.5. The molecule has 1 aliphatic heterocycles. The fraction of sp³-hybridized carbons (Fsp3) is 0.296. The fourth-order valence-electron chi connectivity index (χ4n) is 4.39. The number of rotatable bonds is 7. The number of carbonyl (C=O) groups excluding carboxylic acids is 1. The number of aromatic nitrogens is 1. The van der Waals surface area contributed by atoms with Crippen molar-refractivity contribution >= 4 is 29.1 Å². The number of esters is 1. The molecule has 1 aliphatic rings. The highest BCUT2D eigenvalue weighted by Gasteiger charge is 2.32. The molecule has 2 aromatic carbocycles.